The molecule has 0 atom stereocenters. The lowest BCUT2D eigenvalue weighted by Gasteiger charge is -2.05. The first-order valence-corrected chi connectivity index (χ1v) is 7.76. The highest BCUT2D eigenvalue weighted by atomic mass is 14.6. The summed E-state index contributed by atoms with van der Waals surface area (Å²) < 4.78 is 0. The second-order valence-corrected chi connectivity index (χ2v) is 5.53. The van der Waals surface area contributed by atoms with Crippen LogP contribution >= 0.6 is 0 Å². The zero-order valence-corrected chi connectivity index (χ0v) is 12.7. The summed E-state index contributed by atoms with van der Waals surface area (Å²) >= 11 is 0. The first-order valence-electron chi connectivity index (χ1n) is 7.76. The van der Waals surface area contributed by atoms with Gasteiger partial charge in [0.2, 0.25) is 0 Å². The first-order chi connectivity index (χ1) is 10.9. The molecular formula is C20H20N2. The molecule has 0 aliphatic rings. The molecule has 2 aromatic heterocycles. The summed E-state index contributed by atoms with van der Waals surface area (Å²) in [5, 5.41) is 0. The van der Waals surface area contributed by atoms with Gasteiger partial charge in [0.15, 0.2) is 0 Å². The van der Waals surface area contributed by atoms with E-state index in [1.54, 1.807) is 0 Å². The lowest BCUT2D eigenvalue weighted by molar-refractivity contribution is 0.936. The fourth-order valence-corrected chi connectivity index (χ4v) is 2.55. The van der Waals surface area contributed by atoms with Crippen LogP contribution in [0.5, 0.6) is 0 Å². The van der Waals surface area contributed by atoms with E-state index in [1.807, 2.05) is 24.8 Å². The second-order valence-electron chi connectivity index (χ2n) is 5.53. The molecule has 0 unspecified atom stereocenters. The Bertz CT molecular complexity index is 613. The molecule has 2 heterocycles. The van der Waals surface area contributed by atoms with Gasteiger partial charge in [0.1, 0.15) is 0 Å². The fourth-order valence-electron chi connectivity index (χ4n) is 2.55. The van der Waals surface area contributed by atoms with Crippen molar-refractivity contribution in [2.45, 2.75) is 25.7 Å². The van der Waals surface area contributed by atoms with Crippen LogP contribution in [0.25, 0.3) is 0 Å². The first kappa shape index (κ1) is 14.5. The Morgan fingerprint density at radius 2 is 0.682 bits per heavy atom. The SMILES string of the molecule is c1cc(CCc2ccc(CCc3ccncc3)cc2)ccn1. The molecule has 0 aliphatic heterocycles. The fraction of sp³-hybridized carbons (Fsp3) is 0.200. The van der Waals surface area contributed by atoms with Crippen LogP contribution in [0.3, 0.4) is 0 Å². The minimum absolute atomic E-state index is 1.07. The quantitative estimate of drug-likeness (QED) is 0.684. The maximum atomic E-state index is 4.05. The van der Waals surface area contributed by atoms with E-state index in [2.05, 4.69) is 58.5 Å². The Labute approximate surface area is 131 Å². The van der Waals surface area contributed by atoms with Crippen LogP contribution in [0.4, 0.5) is 0 Å². The van der Waals surface area contributed by atoms with Crippen LogP contribution in [0.2, 0.25) is 0 Å². The van der Waals surface area contributed by atoms with Crippen molar-refractivity contribution in [3.8, 4) is 0 Å². The van der Waals surface area contributed by atoms with Crippen molar-refractivity contribution in [2.75, 3.05) is 0 Å². The van der Waals surface area contributed by atoms with Gasteiger partial charge < -0.3 is 0 Å². The van der Waals surface area contributed by atoms with Crippen LogP contribution in [0.15, 0.2) is 73.3 Å². The summed E-state index contributed by atoms with van der Waals surface area (Å²) in [6.07, 6.45) is 11.7. The Morgan fingerprint density at radius 3 is 1.00 bits per heavy atom. The topological polar surface area (TPSA) is 25.8 Å². The van der Waals surface area contributed by atoms with Crippen LogP contribution in [-0.4, -0.2) is 9.97 Å². The number of aromatic nitrogens is 2. The maximum Gasteiger partial charge on any atom is 0.0270 e. The molecule has 2 heteroatoms. The highest BCUT2D eigenvalue weighted by Crippen LogP contribution is 2.11. The van der Waals surface area contributed by atoms with Crippen molar-refractivity contribution in [2.24, 2.45) is 0 Å². The Balaban J connectivity index is 1.52. The van der Waals surface area contributed by atoms with Crippen molar-refractivity contribution in [1.82, 2.24) is 9.97 Å². The van der Waals surface area contributed by atoms with Crippen molar-refractivity contribution >= 4 is 0 Å². The molecule has 0 N–H and O–H groups in total. The van der Waals surface area contributed by atoms with Crippen molar-refractivity contribution < 1.29 is 0 Å². The molecule has 0 saturated heterocycles. The third-order valence-corrected chi connectivity index (χ3v) is 3.93. The highest BCUT2D eigenvalue weighted by molar-refractivity contribution is 5.25. The number of hydrogen-bond acceptors (Lipinski definition) is 2. The molecule has 0 fully saturated rings. The molecule has 22 heavy (non-hydrogen) atoms. The predicted molar refractivity (Wildman–Crippen MR) is 89.7 cm³/mol. The van der Waals surface area contributed by atoms with E-state index < -0.39 is 0 Å². The molecule has 0 radical (unpaired) electrons. The molecule has 2 nitrogen and oxygen atoms in total. The summed E-state index contributed by atoms with van der Waals surface area (Å²) in [6, 6.07) is 17.4. The van der Waals surface area contributed by atoms with Gasteiger partial charge in [-0.3, -0.25) is 9.97 Å². The number of rotatable bonds is 6. The number of pyridine rings is 2. The number of aryl methyl sites for hydroxylation is 4. The molecule has 0 bridgehead atoms. The summed E-state index contributed by atoms with van der Waals surface area (Å²) in [5.74, 6) is 0. The molecule has 110 valence electrons. The van der Waals surface area contributed by atoms with E-state index in [0.717, 1.165) is 25.7 Å². The normalized spacial score (nSPS) is 10.5. The van der Waals surface area contributed by atoms with Gasteiger partial charge in [-0.2, -0.15) is 0 Å². The van der Waals surface area contributed by atoms with Crippen molar-refractivity contribution in [3.05, 3.63) is 95.6 Å². The predicted octanol–water partition coefficient (Wildman–Crippen LogP) is 4.05. The van der Waals surface area contributed by atoms with E-state index in [0.29, 0.717) is 0 Å². The van der Waals surface area contributed by atoms with Gasteiger partial charge in [0, 0.05) is 24.8 Å². The minimum atomic E-state index is 1.07. The van der Waals surface area contributed by atoms with Gasteiger partial charge in [-0.25, -0.2) is 0 Å². The van der Waals surface area contributed by atoms with E-state index in [9.17, 15) is 0 Å². The third-order valence-electron chi connectivity index (χ3n) is 3.93. The Hall–Kier alpha value is -2.48. The largest absolute Gasteiger partial charge is 0.265 e. The molecule has 0 amide bonds. The summed E-state index contributed by atoms with van der Waals surface area (Å²) in [4.78, 5) is 8.11. The van der Waals surface area contributed by atoms with Gasteiger partial charge in [-0.1, -0.05) is 24.3 Å². The summed E-state index contributed by atoms with van der Waals surface area (Å²) in [6.45, 7) is 0. The molecular weight excluding hydrogens is 268 g/mol. The maximum absolute atomic E-state index is 4.05. The summed E-state index contributed by atoms with van der Waals surface area (Å²) in [7, 11) is 0. The zero-order chi connectivity index (χ0) is 15.0. The van der Waals surface area contributed by atoms with Gasteiger partial charge in [0.05, 0.1) is 0 Å². The smallest absolute Gasteiger partial charge is 0.0270 e. The third kappa shape index (κ3) is 4.26. The van der Waals surface area contributed by atoms with Gasteiger partial charge in [-0.05, 0) is 72.2 Å². The monoisotopic (exact) mass is 288 g/mol. The standard InChI is InChI=1S/C20H20N2/c1-2-18(6-8-20-11-15-22-16-12-20)4-3-17(1)5-7-19-9-13-21-14-10-19/h1-4,9-16H,5-8H2. The number of benzene rings is 1. The number of nitrogens with zero attached hydrogens (tertiary/aromatic N) is 2. The lowest BCUT2D eigenvalue weighted by Crippen LogP contribution is -1.94. The minimum Gasteiger partial charge on any atom is -0.265 e. The van der Waals surface area contributed by atoms with E-state index >= 15 is 0 Å². The Morgan fingerprint density at radius 1 is 0.409 bits per heavy atom. The zero-order valence-electron chi connectivity index (χ0n) is 12.7. The molecule has 0 saturated carbocycles. The van der Waals surface area contributed by atoms with Crippen molar-refractivity contribution in [3.63, 3.8) is 0 Å². The van der Waals surface area contributed by atoms with Crippen LogP contribution in [-0.2, 0) is 25.7 Å². The van der Waals surface area contributed by atoms with Crippen LogP contribution < -0.4 is 0 Å². The highest BCUT2D eigenvalue weighted by Gasteiger charge is 1.98. The molecule has 3 rings (SSSR count). The lowest BCUT2D eigenvalue weighted by atomic mass is 10.0. The van der Waals surface area contributed by atoms with E-state index in [4.69, 9.17) is 0 Å². The van der Waals surface area contributed by atoms with Crippen LogP contribution in [0.1, 0.15) is 22.3 Å². The molecule has 0 spiro atoms. The molecule has 1 aromatic carbocycles. The van der Waals surface area contributed by atoms with Crippen molar-refractivity contribution in [1.29, 1.82) is 0 Å². The average molecular weight is 288 g/mol. The summed E-state index contributed by atoms with van der Waals surface area (Å²) in [5.41, 5.74) is 5.47. The van der Waals surface area contributed by atoms with Gasteiger partial charge in [0.25, 0.3) is 0 Å². The van der Waals surface area contributed by atoms with Crippen LogP contribution in [0, 0.1) is 0 Å². The number of hydrogen-bond donors (Lipinski definition) is 0. The van der Waals surface area contributed by atoms with E-state index in [1.165, 1.54) is 22.3 Å². The average Bonchev–Trinajstić information content (AvgIpc) is 2.61. The molecule has 0 aliphatic carbocycles. The second kappa shape index (κ2) is 7.51. The molecule has 3 aromatic rings. The van der Waals surface area contributed by atoms with Gasteiger partial charge >= 0.3 is 0 Å². The Kier molecular flexibility index (Phi) is 4.93. The van der Waals surface area contributed by atoms with E-state index in [-0.39, 0.29) is 0 Å². The van der Waals surface area contributed by atoms with Gasteiger partial charge in [-0.15, -0.1) is 0 Å².